The third-order valence-corrected chi connectivity index (χ3v) is 3.05. The highest BCUT2D eigenvalue weighted by atomic mass is 35.5. The van der Waals surface area contributed by atoms with Gasteiger partial charge < -0.3 is 5.73 Å². The normalized spacial score (nSPS) is 10.4. The van der Waals surface area contributed by atoms with Crippen molar-refractivity contribution in [3.05, 3.63) is 52.8 Å². The molecule has 0 radical (unpaired) electrons. The molecule has 3 heteroatoms. The first kappa shape index (κ1) is 11.0. The molecular weight excluding hydrogens is 225 g/mol. The van der Waals surface area contributed by atoms with E-state index in [0.29, 0.717) is 10.7 Å². The molecule has 2 aromatic carbocycles. The van der Waals surface area contributed by atoms with Crippen LogP contribution in [0.3, 0.4) is 0 Å². The van der Waals surface area contributed by atoms with Gasteiger partial charge in [0.1, 0.15) is 5.82 Å². The lowest BCUT2D eigenvalue weighted by molar-refractivity contribution is 0.628. The van der Waals surface area contributed by atoms with Crippen LogP contribution in [0.5, 0.6) is 0 Å². The van der Waals surface area contributed by atoms with E-state index in [1.807, 2.05) is 13.0 Å². The van der Waals surface area contributed by atoms with E-state index in [9.17, 15) is 4.39 Å². The molecule has 2 aromatic rings. The molecule has 0 saturated heterocycles. The fourth-order valence-corrected chi connectivity index (χ4v) is 1.86. The first-order chi connectivity index (χ1) is 7.59. The minimum atomic E-state index is -0.275. The Morgan fingerprint density at radius 1 is 1.19 bits per heavy atom. The molecule has 1 nitrogen and oxygen atoms in total. The van der Waals surface area contributed by atoms with Gasteiger partial charge in [-0.25, -0.2) is 4.39 Å². The molecule has 0 aliphatic carbocycles. The zero-order chi connectivity index (χ0) is 11.7. The summed E-state index contributed by atoms with van der Waals surface area (Å²) in [6.45, 7) is 1.85. The van der Waals surface area contributed by atoms with Crippen LogP contribution >= 0.6 is 11.6 Å². The minimum absolute atomic E-state index is 0.275. The predicted molar refractivity (Wildman–Crippen MR) is 66.0 cm³/mol. The third-order valence-electron chi connectivity index (χ3n) is 2.56. The van der Waals surface area contributed by atoms with Crippen molar-refractivity contribution in [3.8, 4) is 11.1 Å². The van der Waals surface area contributed by atoms with Gasteiger partial charge in [-0.2, -0.15) is 0 Å². The molecule has 0 aromatic heterocycles. The summed E-state index contributed by atoms with van der Waals surface area (Å²) in [5.41, 5.74) is 8.76. The molecule has 82 valence electrons. The Labute approximate surface area is 98.7 Å². The number of nitrogens with two attached hydrogens (primary N) is 1. The Balaban J connectivity index is 2.61. The standard InChI is InChI=1S/C13H11ClFN/c1-8-12(16)6-5-11(13(8)14)9-3-2-4-10(15)7-9/h2-7H,16H2,1H3. The maximum atomic E-state index is 13.1. The van der Waals surface area contributed by atoms with E-state index < -0.39 is 0 Å². The van der Waals surface area contributed by atoms with Crippen molar-refractivity contribution in [2.75, 3.05) is 5.73 Å². The molecule has 0 fully saturated rings. The summed E-state index contributed by atoms with van der Waals surface area (Å²) in [5, 5.41) is 0.575. The monoisotopic (exact) mass is 235 g/mol. The summed E-state index contributed by atoms with van der Waals surface area (Å²) >= 11 is 6.18. The van der Waals surface area contributed by atoms with Gasteiger partial charge in [-0.1, -0.05) is 29.8 Å². The van der Waals surface area contributed by atoms with Crippen molar-refractivity contribution in [2.45, 2.75) is 6.92 Å². The molecule has 0 saturated carbocycles. The van der Waals surface area contributed by atoms with E-state index in [1.54, 1.807) is 18.2 Å². The highest BCUT2D eigenvalue weighted by Gasteiger charge is 2.08. The fourth-order valence-electron chi connectivity index (χ4n) is 1.58. The lowest BCUT2D eigenvalue weighted by Gasteiger charge is -2.09. The zero-order valence-corrected chi connectivity index (χ0v) is 9.55. The van der Waals surface area contributed by atoms with Crippen LogP contribution in [0.15, 0.2) is 36.4 Å². The predicted octanol–water partition coefficient (Wildman–Crippen LogP) is 4.04. The van der Waals surface area contributed by atoms with Crippen LogP contribution in [0.1, 0.15) is 5.56 Å². The Morgan fingerprint density at radius 2 is 1.94 bits per heavy atom. The topological polar surface area (TPSA) is 26.0 Å². The molecule has 0 aliphatic rings. The van der Waals surface area contributed by atoms with Crippen LogP contribution in [-0.4, -0.2) is 0 Å². The van der Waals surface area contributed by atoms with E-state index in [1.165, 1.54) is 12.1 Å². The molecule has 0 atom stereocenters. The highest BCUT2D eigenvalue weighted by molar-refractivity contribution is 6.34. The summed E-state index contributed by atoms with van der Waals surface area (Å²) < 4.78 is 13.1. The van der Waals surface area contributed by atoms with Crippen molar-refractivity contribution in [2.24, 2.45) is 0 Å². The average Bonchev–Trinajstić information content (AvgIpc) is 2.26. The minimum Gasteiger partial charge on any atom is -0.398 e. The van der Waals surface area contributed by atoms with Gasteiger partial charge >= 0.3 is 0 Å². The van der Waals surface area contributed by atoms with Crippen LogP contribution in [0.2, 0.25) is 5.02 Å². The second-order valence-electron chi connectivity index (χ2n) is 3.65. The van der Waals surface area contributed by atoms with Crippen molar-refractivity contribution < 1.29 is 4.39 Å². The Morgan fingerprint density at radius 3 is 2.62 bits per heavy atom. The lowest BCUT2D eigenvalue weighted by atomic mass is 10.0. The second kappa shape index (κ2) is 4.14. The largest absolute Gasteiger partial charge is 0.398 e. The van der Waals surface area contributed by atoms with Crippen LogP contribution in [0.4, 0.5) is 10.1 Å². The molecule has 0 heterocycles. The van der Waals surface area contributed by atoms with Gasteiger partial charge in [0, 0.05) is 11.3 Å². The smallest absolute Gasteiger partial charge is 0.123 e. The van der Waals surface area contributed by atoms with E-state index in [0.717, 1.165) is 16.7 Å². The van der Waals surface area contributed by atoms with Crippen LogP contribution in [-0.2, 0) is 0 Å². The molecular formula is C13H11ClFN. The summed E-state index contributed by atoms with van der Waals surface area (Å²) in [6, 6.07) is 9.92. The van der Waals surface area contributed by atoms with Crippen molar-refractivity contribution >= 4 is 17.3 Å². The van der Waals surface area contributed by atoms with Gasteiger partial charge in [0.25, 0.3) is 0 Å². The summed E-state index contributed by atoms with van der Waals surface area (Å²) in [4.78, 5) is 0. The Hall–Kier alpha value is -1.54. The number of rotatable bonds is 1. The summed E-state index contributed by atoms with van der Waals surface area (Å²) in [5.74, 6) is -0.275. The van der Waals surface area contributed by atoms with Crippen LogP contribution in [0.25, 0.3) is 11.1 Å². The first-order valence-electron chi connectivity index (χ1n) is 4.90. The summed E-state index contributed by atoms with van der Waals surface area (Å²) in [6.07, 6.45) is 0. The Bertz CT molecular complexity index is 537. The van der Waals surface area contributed by atoms with E-state index in [2.05, 4.69) is 0 Å². The Kier molecular flexibility index (Phi) is 2.84. The highest BCUT2D eigenvalue weighted by Crippen LogP contribution is 2.33. The molecule has 0 aliphatic heterocycles. The zero-order valence-electron chi connectivity index (χ0n) is 8.80. The number of nitrogen functional groups attached to an aromatic ring is 1. The lowest BCUT2D eigenvalue weighted by Crippen LogP contribution is -1.92. The van der Waals surface area contributed by atoms with Gasteiger partial charge in [-0.15, -0.1) is 0 Å². The molecule has 2 N–H and O–H groups in total. The van der Waals surface area contributed by atoms with Gasteiger partial charge in [0.05, 0.1) is 5.02 Å². The van der Waals surface area contributed by atoms with E-state index in [4.69, 9.17) is 17.3 Å². The SMILES string of the molecule is Cc1c(N)ccc(-c2cccc(F)c2)c1Cl. The van der Waals surface area contributed by atoms with Crippen molar-refractivity contribution in [3.63, 3.8) is 0 Å². The molecule has 0 bridgehead atoms. The number of anilines is 1. The van der Waals surface area contributed by atoms with E-state index >= 15 is 0 Å². The maximum Gasteiger partial charge on any atom is 0.123 e. The molecule has 16 heavy (non-hydrogen) atoms. The second-order valence-corrected chi connectivity index (χ2v) is 4.03. The first-order valence-corrected chi connectivity index (χ1v) is 5.28. The van der Waals surface area contributed by atoms with Crippen molar-refractivity contribution in [1.82, 2.24) is 0 Å². The van der Waals surface area contributed by atoms with Crippen LogP contribution in [0, 0.1) is 12.7 Å². The maximum absolute atomic E-state index is 13.1. The number of hydrogen-bond donors (Lipinski definition) is 1. The number of benzene rings is 2. The fraction of sp³-hybridized carbons (Fsp3) is 0.0769. The van der Waals surface area contributed by atoms with Gasteiger partial charge in [-0.3, -0.25) is 0 Å². The van der Waals surface area contributed by atoms with Gasteiger partial charge in [0.15, 0.2) is 0 Å². The molecule has 0 amide bonds. The quantitative estimate of drug-likeness (QED) is 0.742. The molecule has 0 spiro atoms. The summed E-state index contributed by atoms with van der Waals surface area (Å²) in [7, 11) is 0. The third kappa shape index (κ3) is 1.89. The number of halogens is 2. The number of hydrogen-bond acceptors (Lipinski definition) is 1. The average molecular weight is 236 g/mol. The van der Waals surface area contributed by atoms with E-state index in [-0.39, 0.29) is 5.82 Å². The molecule has 2 rings (SSSR count). The van der Waals surface area contributed by atoms with Gasteiger partial charge in [-0.05, 0) is 36.2 Å². The van der Waals surface area contributed by atoms with Crippen LogP contribution < -0.4 is 5.73 Å². The van der Waals surface area contributed by atoms with Crippen molar-refractivity contribution in [1.29, 1.82) is 0 Å². The molecule has 0 unspecified atom stereocenters. The van der Waals surface area contributed by atoms with Gasteiger partial charge in [0.2, 0.25) is 0 Å².